The van der Waals surface area contributed by atoms with Crippen molar-refractivity contribution in [1.82, 2.24) is 4.90 Å². The van der Waals surface area contributed by atoms with Crippen molar-refractivity contribution in [1.29, 1.82) is 0 Å². The minimum atomic E-state index is -0.0124. The lowest BCUT2D eigenvalue weighted by atomic mass is 9.94. The van der Waals surface area contributed by atoms with Crippen molar-refractivity contribution in [2.45, 2.75) is 12.6 Å². The molecule has 2 aliphatic rings. The van der Waals surface area contributed by atoms with Gasteiger partial charge in [0.2, 0.25) is 12.5 Å². The Kier molecular flexibility index (Phi) is 4.05. The zero-order valence-corrected chi connectivity index (χ0v) is 14.7. The summed E-state index contributed by atoms with van der Waals surface area (Å²) in [6.45, 7) is 1.19. The molecular formula is C19H22N2O4. The molecule has 0 aromatic heterocycles. The van der Waals surface area contributed by atoms with Gasteiger partial charge in [0.15, 0.2) is 11.5 Å². The predicted octanol–water partition coefficient (Wildman–Crippen LogP) is 3.03. The molecule has 4 rings (SSSR count). The summed E-state index contributed by atoms with van der Waals surface area (Å²) in [5, 5.41) is 3.60. The molecule has 0 unspecified atom stereocenters. The summed E-state index contributed by atoms with van der Waals surface area (Å²) in [5.74, 6) is 3.05. The van der Waals surface area contributed by atoms with E-state index in [2.05, 4.69) is 23.3 Å². The maximum absolute atomic E-state index is 5.72. The van der Waals surface area contributed by atoms with Crippen molar-refractivity contribution in [3.05, 3.63) is 41.5 Å². The predicted molar refractivity (Wildman–Crippen MR) is 94.8 cm³/mol. The van der Waals surface area contributed by atoms with Crippen LogP contribution in [0.25, 0.3) is 0 Å². The molecule has 1 atom stereocenters. The largest absolute Gasteiger partial charge is 0.497 e. The van der Waals surface area contributed by atoms with Crippen LogP contribution in [0.15, 0.2) is 30.3 Å². The first-order valence-corrected chi connectivity index (χ1v) is 8.31. The number of likely N-dealkylation sites (N-methyl/N-ethyl adjacent to an activating group) is 1. The monoisotopic (exact) mass is 342 g/mol. The van der Waals surface area contributed by atoms with Gasteiger partial charge in [-0.1, -0.05) is 0 Å². The van der Waals surface area contributed by atoms with Gasteiger partial charge in [-0.3, -0.25) is 4.90 Å². The van der Waals surface area contributed by atoms with Crippen molar-refractivity contribution in [3.8, 4) is 23.0 Å². The summed E-state index contributed by atoms with van der Waals surface area (Å²) >= 11 is 0. The average molecular weight is 342 g/mol. The molecule has 2 aromatic carbocycles. The van der Waals surface area contributed by atoms with E-state index in [1.165, 1.54) is 5.56 Å². The third-order valence-electron chi connectivity index (χ3n) is 4.79. The van der Waals surface area contributed by atoms with Crippen LogP contribution in [0.2, 0.25) is 0 Å². The van der Waals surface area contributed by atoms with E-state index in [1.54, 1.807) is 14.2 Å². The molecule has 0 fully saturated rings. The van der Waals surface area contributed by atoms with Crippen molar-refractivity contribution < 1.29 is 18.9 Å². The number of hydrogen-bond donors (Lipinski definition) is 1. The van der Waals surface area contributed by atoms with E-state index < -0.39 is 0 Å². The van der Waals surface area contributed by atoms with Gasteiger partial charge in [0, 0.05) is 17.8 Å². The lowest BCUT2D eigenvalue weighted by Crippen LogP contribution is -2.37. The SMILES string of the molecule is COc1ccc(N[C@H]2c3c(cc4c(c3OC)OCO4)CCN2C)cc1. The fraction of sp³-hybridized carbons (Fsp3) is 0.368. The summed E-state index contributed by atoms with van der Waals surface area (Å²) in [7, 11) is 5.45. The van der Waals surface area contributed by atoms with Crippen molar-refractivity contribution >= 4 is 5.69 Å². The summed E-state index contributed by atoms with van der Waals surface area (Å²) < 4.78 is 22.2. The van der Waals surface area contributed by atoms with Gasteiger partial charge in [-0.15, -0.1) is 0 Å². The van der Waals surface area contributed by atoms with Crippen LogP contribution in [-0.2, 0) is 6.42 Å². The highest BCUT2D eigenvalue weighted by Crippen LogP contribution is 2.49. The molecule has 6 nitrogen and oxygen atoms in total. The molecule has 0 saturated carbocycles. The Balaban J connectivity index is 1.74. The summed E-state index contributed by atoms with van der Waals surface area (Å²) in [4.78, 5) is 2.28. The van der Waals surface area contributed by atoms with Crippen LogP contribution in [0, 0.1) is 0 Å². The van der Waals surface area contributed by atoms with Gasteiger partial charge in [-0.05, 0) is 49.4 Å². The number of anilines is 1. The maximum atomic E-state index is 5.72. The van der Waals surface area contributed by atoms with Crippen LogP contribution in [-0.4, -0.2) is 39.5 Å². The van der Waals surface area contributed by atoms with Crippen LogP contribution in [0.3, 0.4) is 0 Å². The molecule has 25 heavy (non-hydrogen) atoms. The van der Waals surface area contributed by atoms with E-state index in [1.807, 2.05) is 24.3 Å². The van der Waals surface area contributed by atoms with E-state index in [4.69, 9.17) is 18.9 Å². The van der Waals surface area contributed by atoms with Gasteiger partial charge >= 0.3 is 0 Å². The Morgan fingerprint density at radius 3 is 2.64 bits per heavy atom. The number of benzene rings is 2. The Morgan fingerprint density at radius 1 is 1.12 bits per heavy atom. The highest BCUT2D eigenvalue weighted by Gasteiger charge is 2.33. The molecule has 0 aliphatic carbocycles. The van der Waals surface area contributed by atoms with E-state index in [-0.39, 0.29) is 13.0 Å². The Bertz CT molecular complexity index is 776. The standard InChI is InChI=1S/C19H22N2O4/c1-21-9-8-12-10-15-17(25-11-24-15)18(23-3)16(12)19(21)20-13-4-6-14(22-2)7-5-13/h4-7,10,19-20H,8-9,11H2,1-3H3/t19-/m1/s1. The first-order valence-electron chi connectivity index (χ1n) is 8.31. The fourth-order valence-electron chi connectivity index (χ4n) is 3.46. The van der Waals surface area contributed by atoms with Gasteiger partial charge in [0.05, 0.1) is 14.2 Å². The fourth-order valence-corrected chi connectivity index (χ4v) is 3.46. The number of rotatable bonds is 4. The highest BCUT2D eigenvalue weighted by atomic mass is 16.7. The molecule has 0 radical (unpaired) electrons. The number of methoxy groups -OCH3 is 2. The number of nitrogens with zero attached hydrogens (tertiary/aromatic N) is 1. The number of ether oxygens (including phenoxy) is 4. The van der Waals surface area contributed by atoms with E-state index in [0.29, 0.717) is 5.75 Å². The van der Waals surface area contributed by atoms with Gasteiger partial charge in [-0.2, -0.15) is 0 Å². The Labute approximate surface area is 147 Å². The normalized spacial score (nSPS) is 18.6. The van der Waals surface area contributed by atoms with E-state index in [0.717, 1.165) is 41.5 Å². The molecule has 2 aliphatic heterocycles. The van der Waals surface area contributed by atoms with Crippen molar-refractivity contribution in [3.63, 3.8) is 0 Å². The zero-order valence-electron chi connectivity index (χ0n) is 14.7. The van der Waals surface area contributed by atoms with E-state index >= 15 is 0 Å². The minimum absolute atomic E-state index is 0.0124. The lowest BCUT2D eigenvalue weighted by molar-refractivity contribution is 0.170. The molecular weight excluding hydrogens is 320 g/mol. The topological polar surface area (TPSA) is 52.2 Å². The molecule has 0 saturated heterocycles. The first kappa shape index (κ1) is 15.9. The maximum Gasteiger partial charge on any atom is 0.231 e. The van der Waals surface area contributed by atoms with Crippen molar-refractivity contribution in [2.75, 3.05) is 39.9 Å². The summed E-state index contributed by atoms with van der Waals surface area (Å²) in [6.07, 6.45) is 0.932. The second-order valence-electron chi connectivity index (χ2n) is 6.22. The van der Waals surface area contributed by atoms with Crippen LogP contribution in [0.4, 0.5) is 5.69 Å². The zero-order chi connectivity index (χ0) is 17.4. The molecule has 0 amide bonds. The molecule has 0 spiro atoms. The second-order valence-corrected chi connectivity index (χ2v) is 6.22. The summed E-state index contributed by atoms with van der Waals surface area (Å²) in [6, 6.07) is 10.0. The van der Waals surface area contributed by atoms with Gasteiger partial charge in [0.1, 0.15) is 11.9 Å². The molecule has 6 heteroatoms. The molecule has 2 aromatic rings. The Hall–Kier alpha value is -2.60. The van der Waals surface area contributed by atoms with Gasteiger partial charge in [-0.25, -0.2) is 0 Å². The van der Waals surface area contributed by atoms with Crippen LogP contribution in [0.1, 0.15) is 17.3 Å². The van der Waals surface area contributed by atoms with E-state index in [9.17, 15) is 0 Å². The lowest BCUT2D eigenvalue weighted by Gasteiger charge is -2.36. The third-order valence-corrected chi connectivity index (χ3v) is 4.79. The molecule has 2 heterocycles. The smallest absolute Gasteiger partial charge is 0.231 e. The second kappa shape index (κ2) is 6.37. The number of nitrogens with one attached hydrogen (secondary N) is 1. The third kappa shape index (κ3) is 2.72. The minimum Gasteiger partial charge on any atom is -0.497 e. The van der Waals surface area contributed by atoms with Crippen LogP contribution >= 0.6 is 0 Å². The highest BCUT2D eigenvalue weighted by molar-refractivity contribution is 5.63. The molecule has 0 bridgehead atoms. The first-order chi connectivity index (χ1) is 12.2. The average Bonchev–Trinajstić information content (AvgIpc) is 3.11. The van der Waals surface area contributed by atoms with Gasteiger partial charge < -0.3 is 24.3 Å². The molecule has 1 N–H and O–H groups in total. The summed E-state index contributed by atoms with van der Waals surface area (Å²) in [5.41, 5.74) is 3.35. The van der Waals surface area contributed by atoms with Crippen LogP contribution < -0.4 is 24.3 Å². The van der Waals surface area contributed by atoms with Gasteiger partial charge in [0.25, 0.3) is 0 Å². The van der Waals surface area contributed by atoms with Crippen LogP contribution in [0.5, 0.6) is 23.0 Å². The Morgan fingerprint density at radius 2 is 1.92 bits per heavy atom. The number of fused-ring (bicyclic) bond motifs is 2. The molecule has 132 valence electrons. The quantitative estimate of drug-likeness (QED) is 0.922. The van der Waals surface area contributed by atoms with Crippen molar-refractivity contribution in [2.24, 2.45) is 0 Å². The number of hydrogen-bond acceptors (Lipinski definition) is 6.